The highest BCUT2D eigenvalue weighted by atomic mass is 32.2. The average Bonchev–Trinajstić information content (AvgIpc) is 2.49. The van der Waals surface area contributed by atoms with E-state index >= 15 is 0 Å². The Kier molecular flexibility index (Phi) is 4.04. The molecule has 1 rings (SSSR count). The first-order chi connectivity index (χ1) is 6.25. The summed E-state index contributed by atoms with van der Waals surface area (Å²) in [6.07, 6.45) is 0.943. The Bertz CT molecular complexity index is 204. The van der Waals surface area contributed by atoms with Crippen molar-refractivity contribution in [3.05, 3.63) is 0 Å². The first-order valence-corrected chi connectivity index (χ1v) is 5.57. The summed E-state index contributed by atoms with van der Waals surface area (Å²) in [4.78, 5) is 0. The van der Waals surface area contributed by atoms with E-state index in [1.807, 2.05) is 11.8 Å². The Balaban J connectivity index is 2.46. The number of rotatable bonds is 4. The zero-order valence-electron chi connectivity index (χ0n) is 8.17. The SMILES string of the molecule is COCCNC1(C#N)CCSC1C. The van der Waals surface area contributed by atoms with E-state index in [9.17, 15) is 0 Å². The maximum absolute atomic E-state index is 9.12. The van der Waals surface area contributed by atoms with Gasteiger partial charge in [0.15, 0.2) is 0 Å². The van der Waals surface area contributed by atoms with E-state index in [1.165, 1.54) is 0 Å². The van der Waals surface area contributed by atoms with Gasteiger partial charge in [-0.2, -0.15) is 17.0 Å². The topological polar surface area (TPSA) is 45.0 Å². The molecule has 1 aliphatic heterocycles. The maximum Gasteiger partial charge on any atom is 0.119 e. The second-order valence-electron chi connectivity index (χ2n) is 3.27. The van der Waals surface area contributed by atoms with Crippen molar-refractivity contribution in [2.45, 2.75) is 24.1 Å². The molecule has 2 atom stereocenters. The largest absolute Gasteiger partial charge is 0.383 e. The van der Waals surface area contributed by atoms with Crippen LogP contribution in [0.25, 0.3) is 0 Å². The van der Waals surface area contributed by atoms with Gasteiger partial charge in [-0.1, -0.05) is 6.92 Å². The van der Waals surface area contributed by atoms with Crippen LogP contribution in [0, 0.1) is 11.3 Å². The quantitative estimate of drug-likeness (QED) is 0.688. The normalized spacial score (nSPS) is 33.2. The van der Waals surface area contributed by atoms with Gasteiger partial charge >= 0.3 is 0 Å². The molecule has 74 valence electrons. The molecule has 0 aromatic heterocycles. The second kappa shape index (κ2) is 4.85. The number of nitrogens with zero attached hydrogens (tertiary/aromatic N) is 1. The molecule has 13 heavy (non-hydrogen) atoms. The van der Waals surface area contributed by atoms with Crippen molar-refractivity contribution in [2.75, 3.05) is 26.0 Å². The molecule has 0 aromatic carbocycles. The number of methoxy groups -OCH3 is 1. The van der Waals surface area contributed by atoms with Crippen LogP contribution in [-0.4, -0.2) is 36.8 Å². The number of hydrogen-bond donors (Lipinski definition) is 1. The van der Waals surface area contributed by atoms with Crippen molar-refractivity contribution in [1.82, 2.24) is 5.32 Å². The minimum Gasteiger partial charge on any atom is -0.383 e. The molecular weight excluding hydrogens is 184 g/mol. The lowest BCUT2D eigenvalue weighted by atomic mass is 9.95. The highest BCUT2D eigenvalue weighted by molar-refractivity contribution is 8.00. The van der Waals surface area contributed by atoms with E-state index in [1.54, 1.807) is 7.11 Å². The first-order valence-electron chi connectivity index (χ1n) is 4.52. The predicted octanol–water partition coefficient (Wildman–Crippen LogP) is 1.01. The monoisotopic (exact) mass is 200 g/mol. The maximum atomic E-state index is 9.12. The molecular formula is C9H16N2OS. The van der Waals surface area contributed by atoms with Crippen LogP contribution in [0.4, 0.5) is 0 Å². The summed E-state index contributed by atoms with van der Waals surface area (Å²) in [7, 11) is 1.67. The second-order valence-corrected chi connectivity index (χ2v) is 4.71. The molecule has 0 aliphatic carbocycles. The fraction of sp³-hybridized carbons (Fsp3) is 0.889. The minimum absolute atomic E-state index is 0.316. The Labute approximate surface area is 83.8 Å². The summed E-state index contributed by atoms with van der Waals surface area (Å²) in [6.45, 7) is 3.54. The molecule has 0 radical (unpaired) electrons. The van der Waals surface area contributed by atoms with Gasteiger partial charge in [0, 0.05) is 18.9 Å². The predicted molar refractivity (Wildman–Crippen MR) is 54.8 cm³/mol. The molecule has 1 N–H and O–H groups in total. The number of thioether (sulfide) groups is 1. The lowest BCUT2D eigenvalue weighted by molar-refractivity contribution is 0.190. The van der Waals surface area contributed by atoms with Crippen molar-refractivity contribution in [1.29, 1.82) is 5.26 Å². The summed E-state index contributed by atoms with van der Waals surface area (Å²) in [6, 6.07) is 2.40. The van der Waals surface area contributed by atoms with Crippen LogP contribution in [0.5, 0.6) is 0 Å². The summed E-state index contributed by atoms with van der Waals surface area (Å²) >= 11 is 1.86. The van der Waals surface area contributed by atoms with Gasteiger partial charge in [-0.25, -0.2) is 0 Å². The van der Waals surface area contributed by atoms with Crippen molar-refractivity contribution < 1.29 is 4.74 Å². The zero-order chi connectivity index (χ0) is 9.73. The Morgan fingerprint density at radius 3 is 3.00 bits per heavy atom. The van der Waals surface area contributed by atoms with E-state index in [-0.39, 0.29) is 5.54 Å². The Hall–Kier alpha value is -0.240. The van der Waals surface area contributed by atoms with Gasteiger partial charge in [-0.05, 0) is 12.2 Å². The first kappa shape index (κ1) is 10.8. The van der Waals surface area contributed by atoms with Crippen molar-refractivity contribution in [2.24, 2.45) is 0 Å². The third-order valence-corrected chi connectivity index (χ3v) is 3.85. The van der Waals surface area contributed by atoms with Gasteiger partial charge in [0.25, 0.3) is 0 Å². The fourth-order valence-corrected chi connectivity index (χ4v) is 2.87. The molecule has 0 aromatic rings. The number of nitrogens with one attached hydrogen (secondary N) is 1. The molecule has 0 saturated carbocycles. The molecule has 0 amide bonds. The number of nitriles is 1. The molecule has 0 bridgehead atoms. The number of ether oxygens (including phenoxy) is 1. The smallest absolute Gasteiger partial charge is 0.119 e. The van der Waals surface area contributed by atoms with Gasteiger partial charge in [0.1, 0.15) is 5.54 Å². The van der Waals surface area contributed by atoms with Gasteiger partial charge in [0.05, 0.1) is 12.7 Å². The molecule has 1 fully saturated rings. The summed E-state index contributed by atoms with van der Waals surface area (Å²) in [5.41, 5.74) is -0.316. The van der Waals surface area contributed by atoms with E-state index < -0.39 is 0 Å². The molecule has 0 spiro atoms. The molecule has 4 heteroatoms. The van der Waals surface area contributed by atoms with Crippen molar-refractivity contribution in [3.8, 4) is 6.07 Å². The minimum atomic E-state index is -0.316. The standard InChI is InChI=1S/C9H16N2OS/c1-8-9(7-10,3-6-13-8)11-4-5-12-2/h8,11H,3-6H2,1-2H3. The molecule has 1 heterocycles. The van der Waals surface area contributed by atoms with Gasteiger partial charge in [0.2, 0.25) is 0 Å². The van der Waals surface area contributed by atoms with E-state index in [2.05, 4.69) is 18.3 Å². The van der Waals surface area contributed by atoms with Gasteiger partial charge in [-0.3, -0.25) is 5.32 Å². The summed E-state index contributed by atoms with van der Waals surface area (Å²) in [5.74, 6) is 1.08. The molecule has 1 aliphatic rings. The van der Waals surface area contributed by atoms with E-state index in [4.69, 9.17) is 10.00 Å². The van der Waals surface area contributed by atoms with Crippen LogP contribution in [-0.2, 0) is 4.74 Å². The van der Waals surface area contributed by atoms with Gasteiger partial charge < -0.3 is 4.74 Å². The van der Waals surface area contributed by atoms with Gasteiger partial charge in [-0.15, -0.1) is 0 Å². The van der Waals surface area contributed by atoms with Crippen LogP contribution in [0.15, 0.2) is 0 Å². The van der Waals surface area contributed by atoms with Crippen LogP contribution >= 0.6 is 11.8 Å². The number of hydrogen-bond acceptors (Lipinski definition) is 4. The Morgan fingerprint density at radius 2 is 2.54 bits per heavy atom. The Morgan fingerprint density at radius 1 is 1.77 bits per heavy atom. The van der Waals surface area contributed by atoms with Crippen LogP contribution in [0.2, 0.25) is 0 Å². The third-order valence-electron chi connectivity index (χ3n) is 2.50. The summed E-state index contributed by atoms with van der Waals surface area (Å²) < 4.78 is 4.95. The van der Waals surface area contributed by atoms with E-state index in [0.29, 0.717) is 11.9 Å². The highest BCUT2D eigenvalue weighted by Gasteiger charge is 2.40. The molecule has 3 nitrogen and oxygen atoms in total. The summed E-state index contributed by atoms with van der Waals surface area (Å²) in [5, 5.41) is 12.8. The van der Waals surface area contributed by atoms with E-state index in [0.717, 1.165) is 18.7 Å². The van der Waals surface area contributed by atoms with Crippen LogP contribution in [0.3, 0.4) is 0 Å². The lowest BCUT2D eigenvalue weighted by Crippen LogP contribution is -2.49. The molecule has 2 unspecified atom stereocenters. The molecule has 1 saturated heterocycles. The van der Waals surface area contributed by atoms with Crippen LogP contribution < -0.4 is 5.32 Å². The van der Waals surface area contributed by atoms with Crippen molar-refractivity contribution in [3.63, 3.8) is 0 Å². The van der Waals surface area contributed by atoms with Crippen molar-refractivity contribution >= 4 is 11.8 Å². The zero-order valence-corrected chi connectivity index (χ0v) is 8.99. The lowest BCUT2D eigenvalue weighted by Gasteiger charge is -2.26. The average molecular weight is 200 g/mol. The van der Waals surface area contributed by atoms with Crippen LogP contribution in [0.1, 0.15) is 13.3 Å². The highest BCUT2D eigenvalue weighted by Crippen LogP contribution is 2.34. The fourth-order valence-electron chi connectivity index (χ4n) is 1.54. The third kappa shape index (κ3) is 2.37.